The first-order chi connectivity index (χ1) is 23.9. The van der Waals surface area contributed by atoms with E-state index in [1.807, 2.05) is 11.3 Å². The molecule has 0 unspecified atom stereocenters. The minimum Gasteiger partial charge on any atom is -0.361 e. The fourth-order valence-electron chi connectivity index (χ4n) is 8.13. The third-order valence-corrected chi connectivity index (χ3v) is 11.8. The Morgan fingerprint density at radius 3 is 2.20 bits per heavy atom. The number of thiophene rings is 1. The summed E-state index contributed by atoms with van der Waals surface area (Å²) in [6.07, 6.45) is 8.91. The van der Waals surface area contributed by atoms with Gasteiger partial charge < -0.3 is 5.32 Å². The van der Waals surface area contributed by atoms with Gasteiger partial charge in [-0.3, -0.25) is 0 Å². The Morgan fingerprint density at radius 2 is 1.31 bits per heavy atom. The number of allylic oxidation sites excluding steroid dienone is 4. The zero-order valence-electron chi connectivity index (χ0n) is 28.3. The van der Waals surface area contributed by atoms with E-state index in [0.29, 0.717) is 0 Å². The molecule has 0 fully saturated rings. The van der Waals surface area contributed by atoms with Crippen molar-refractivity contribution in [2.45, 2.75) is 33.1 Å². The van der Waals surface area contributed by atoms with Gasteiger partial charge in [-0.05, 0) is 105 Å². The molecule has 1 nitrogen and oxygen atoms in total. The lowest BCUT2D eigenvalue weighted by atomic mass is 9.81. The van der Waals surface area contributed by atoms with E-state index in [0.717, 1.165) is 5.69 Å². The number of hydrogen-bond donors (Lipinski definition) is 1. The molecule has 1 aromatic heterocycles. The van der Waals surface area contributed by atoms with E-state index in [1.165, 1.54) is 92.5 Å². The van der Waals surface area contributed by atoms with Gasteiger partial charge in [0, 0.05) is 48.6 Å². The van der Waals surface area contributed by atoms with E-state index < -0.39 is 0 Å². The van der Waals surface area contributed by atoms with Crippen LogP contribution in [0.15, 0.2) is 145 Å². The van der Waals surface area contributed by atoms with Gasteiger partial charge in [-0.25, -0.2) is 0 Å². The summed E-state index contributed by atoms with van der Waals surface area (Å²) in [5.41, 5.74) is 17.7. The molecule has 0 saturated carbocycles. The zero-order chi connectivity index (χ0) is 33.3. The van der Waals surface area contributed by atoms with Crippen molar-refractivity contribution in [3.05, 3.63) is 173 Å². The van der Waals surface area contributed by atoms with Gasteiger partial charge in [-0.1, -0.05) is 123 Å². The van der Waals surface area contributed by atoms with Gasteiger partial charge in [-0.15, -0.1) is 11.3 Å². The number of hydrogen-bond acceptors (Lipinski definition) is 2. The van der Waals surface area contributed by atoms with Crippen molar-refractivity contribution in [2.24, 2.45) is 0 Å². The van der Waals surface area contributed by atoms with Crippen LogP contribution in [-0.2, 0) is 5.41 Å². The fourth-order valence-corrected chi connectivity index (χ4v) is 9.36. The van der Waals surface area contributed by atoms with Crippen molar-refractivity contribution >= 4 is 48.8 Å². The highest BCUT2D eigenvalue weighted by Gasteiger charge is 2.36. The molecular formula is C47H37NS. The minimum absolute atomic E-state index is 0.0693. The predicted molar refractivity (Wildman–Crippen MR) is 213 cm³/mol. The maximum absolute atomic E-state index is 3.71. The molecular weight excluding hydrogens is 611 g/mol. The van der Waals surface area contributed by atoms with Gasteiger partial charge in [0.1, 0.15) is 0 Å². The lowest BCUT2D eigenvalue weighted by Crippen LogP contribution is -2.15. The average Bonchev–Trinajstić information content (AvgIpc) is 3.60. The van der Waals surface area contributed by atoms with E-state index in [9.17, 15) is 0 Å². The Hall–Kier alpha value is -5.44. The second-order valence-electron chi connectivity index (χ2n) is 13.9. The van der Waals surface area contributed by atoms with Crippen molar-refractivity contribution in [3.63, 3.8) is 0 Å². The van der Waals surface area contributed by atoms with Crippen LogP contribution in [-0.4, -0.2) is 0 Å². The lowest BCUT2D eigenvalue weighted by Gasteiger charge is -2.23. The number of rotatable bonds is 2. The highest BCUT2D eigenvalue weighted by atomic mass is 32.1. The largest absolute Gasteiger partial charge is 0.361 e. The van der Waals surface area contributed by atoms with Gasteiger partial charge in [-0.2, -0.15) is 0 Å². The van der Waals surface area contributed by atoms with Crippen LogP contribution in [0.1, 0.15) is 48.6 Å². The van der Waals surface area contributed by atoms with Crippen LogP contribution in [0.3, 0.4) is 0 Å². The predicted octanol–water partition coefficient (Wildman–Crippen LogP) is 13.4. The van der Waals surface area contributed by atoms with Crippen LogP contribution in [0.5, 0.6) is 0 Å². The summed E-state index contributed by atoms with van der Waals surface area (Å²) < 4.78 is 2.66. The second kappa shape index (κ2) is 11.3. The molecule has 49 heavy (non-hydrogen) atoms. The van der Waals surface area contributed by atoms with Crippen LogP contribution in [0.25, 0.3) is 65.2 Å². The third-order valence-electron chi connectivity index (χ3n) is 10.6. The molecule has 2 heterocycles. The SMILES string of the molecule is CC1=C\C=C\Nc2cc3c(cc2-c2ccccc2/C=C\1c1c(C)cccc1-c1cccc2c1sc1ccccc12)-c1ccccc1C3(C)C. The van der Waals surface area contributed by atoms with Gasteiger partial charge >= 0.3 is 0 Å². The second-order valence-corrected chi connectivity index (χ2v) is 14.9. The summed E-state index contributed by atoms with van der Waals surface area (Å²) in [7, 11) is 0. The number of anilines is 1. The molecule has 0 spiro atoms. The van der Waals surface area contributed by atoms with Crippen LogP contribution < -0.4 is 5.32 Å². The third kappa shape index (κ3) is 4.66. The molecule has 7 aromatic rings. The fraction of sp³-hybridized carbons (Fsp3) is 0.106. The summed E-state index contributed by atoms with van der Waals surface area (Å²) in [4.78, 5) is 0. The maximum atomic E-state index is 3.71. The molecule has 2 aliphatic rings. The number of fused-ring (bicyclic) bond motifs is 9. The molecule has 6 aromatic carbocycles. The zero-order valence-corrected chi connectivity index (χ0v) is 29.1. The standard InChI is InChI=1S/C47H37NS/c1-29-15-13-25-48-43-28-42-39(33-18-7-9-23-41(33)47(42,3)4)27-40(43)32-17-6-5-16-31(32)26-38(29)45-30(2)14-11-20-35(45)37-22-12-21-36-34-19-8-10-24-44(34)49-46(36)37/h5-28,48H,1-4H3/b25-13+,29-15+,38-26+. The van der Waals surface area contributed by atoms with Crippen molar-refractivity contribution in [2.75, 3.05) is 5.32 Å². The first-order valence-electron chi connectivity index (χ1n) is 17.1. The Labute approximate surface area is 292 Å². The normalized spacial score (nSPS) is 17.4. The summed E-state index contributed by atoms with van der Waals surface area (Å²) in [5, 5.41) is 6.35. The number of aryl methyl sites for hydroxylation is 1. The Morgan fingerprint density at radius 1 is 0.592 bits per heavy atom. The van der Waals surface area contributed by atoms with E-state index in [-0.39, 0.29) is 5.41 Å². The van der Waals surface area contributed by atoms with Crippen LogP contribution >= 0.6 is 11.3 Å². The smallest absolute Gasteiger partial charge is 0.0463 e. The lowest BCUT2D eigenvalue weighted by molar-refractivity contribution is 0.660. The molecule has 1 aliphatic carbocycles. The Balaban J connectivity index is 1.29. The molecule has 0 radical (unpaired) electrons. The summed E-state index contributed by atoms with van der Waals surface area (Å²) in [6.45, 7) is 9.19. The number of nitrogens with one attached hydrogen (secondary N) is 1. The monoisotopic (exact) mass is 647 g/mol. The quantitative estimate of drug-likeness (QED) is 0.197. The molecule has 0 amide bonds. The molecule has 0 saturated heterocycles. The van der Waals surface area contributed by atoms with Crippen LogP contribution in [0, 0.1) is 6.92 Å². The highest BCUT2D eigenvalue weighted by Crippen LogP contribution is 2.52. The van der Waals surface area contributed by atoms with Gasteiger partial charge in [0.15, 0.2) is 0 Å². The number of benzene rings is 6. The van der Waals surface area contributed by atoms with E-state index in [4.69, 9.17) is 0 Å². The highest BCUT2D eigenvalue weighted by molar-refractivity contribution is 7.26. The van der Waals surface area contributed by atoms with Crippen LogP contribution in [0.2, 0.25) is 0 Å². The Kier molecular flexibility index (Phi) is 6.86. The van der Waals surface area contributed by atoms with E-state index in [1.54, 1.807) is 0 Å². The molecule has 2 heteroatoms. The summed E-state index contributed by atoms with van der Waals surface area (Å²) in [6, 6.07) is 44.9. The molecule has 0 atom stereocenters. The topological polar surface area (TPSA) is 12.0 Å². The van der Waals surface area contributed by atoms with Gasteiger partial charge in [0.2, 0.25) is 0 Å². The maximum Gasteiger partial charge on any atom is 0.0463 e. The van der Waals surface area contributed by atoms with Crippen molar-refractivity contribution in [1.82, 2.24) is 0 Å². The molecule has 1 N–H and O–H groups in total. The van der Waals surface area contributed by atoms with Gasteiger partial charge in [0.25, 0.3) is 0 Å². The summed E-state index contributed by atoms with van der Waals surface area (Å²) in [5.74, 6) is 0. The molecule has 236 valence electrons. The van der Waals surface area contributed by atoms with Crippen molar-refractivity contribution in [1.29, 1.82) is 0 Å². The van der Waals surface area contributed by atoms with E-state index >= 15 is 0 Å². The van der Waals surface area contributed by atoms with Crippen molar-refractivity contribution in [3.8, 4) is 33.4 Å². The average molecular weight is 648 g/mol. The van der Waals surface area contributed by atoms with Crippen molar-refractivity contribution < 1.29 is 0 Å². The molecule has 0 bridgehead atoms. The van der Waals surface area contributed by atoms with Gasteiger partial charge in [0.05, 0.1) is 0 Å². The minimum atomic E-state index is -0.0693. The first-order valence-corrected chi connectivity index (χ1v) is 17.9. The Bertz CT molecular complexity index is 2570. The van der Waals surface area contributed by atoms with Crippen LogP contribution in [0.4, 0.5) is 5.69 Å². The molecule has 9 rings (SSSR count). The first kappa shape index (κ1) is 29.7. The van der Waals surface area contributed by atoms with E-state index in [2.05, 4.69) is 179 Å². The molecule has 1 aliphatic heterocycles. The summed E-state index contributed by atoms with van der Waals surface area (Å²) >= 11 is 1.89.